The quantitative estimate of drug-likeness (QED) is 0.778. The van der Waals surface area contributed by atoms with Crippen LogP contribution >= 0.6 is 0 Å². The van der Waals surface area contributed by atoms with Gasteiger partial charge in [0.15, 0.2) is 6.29 Å². The smallest absolute Gasteiger partial charge is 0.254 e. The number of fused-ring (bicyclic) bond motifs is 1. The van der Waals surface area contributed by atoms with Gasteiger partial charge in [-0.15, -0.1) is 0 Å². The van der Waals surface area contributed by atoms with E-state index in [-0.39, 0.29) is 24.1 Å². The predicted octanol–water partition coefficient (Wildman–Crippen LogP) is 1.48. The highest BCUT2D eigenvalue weighted by molar-refractivity contribution is 6.03. The molecule has 0 bridgehead atoms. The van der Waals surface area contributed by atoms with E-state index in [9.17, 15) is 9.59 Å². The van der Waals surface area contributed by atoms with Crippen LogP contribution in [-0.4, -0.2) is 71.9 Å². The van der Waals surface area contributed by atoms with Crippen molar-refractivity contribution >= 4 is 11.8 Å². The van der Waals surface area contributed by atoms with Gasteiger partial charge in [-0.1, -0.05) is 30.3 Å². The maximum atomic E-state index is 13.2. The van der Waals surface area contributed by atoms with Gasteiger partial charge in [0, 0.05) is 32.3 Å². The molecule has 6 nitrogen and oxygen atoms in total. The summed E-state index contributed by atoms with van der Waals surface area (Å²) in [7, 11) is 7.59. The maximum absolute atomic E-state index is 13.2. The Morgan fingerprint density at radius 2 is 1.76 bits per heavy atom. The molecule has 2 fully saturated rings. The van der Waals surface area contributed by atoms with Gasteiger partial charge in [0.05, 0.1) is 6.04 Å². The predicted molar refractivity (Wildman–Crippen MR) is 96.2 cm³/mol. The summed E-state index contributed by atoms with van der Waals surface area (Å²) in [5.74, 6) is -0.0286. The van der Waals surface area contributed by atoms with Crippen LogP contribution in [0.5, 0.6) is 0 Å². The Balaban J connectivity index is 1.96. The fourth-order valence-corrected chi connectivity index (χ4v) is 3.79. The Kier molecular flexibility index (Phi) is 4.56. The van der Waals surface area contributed by atoms with Gasteiger partial charge in [0.1, 0.15) is 6.04 Å². The Morgan fingerprint density at radius 1 is 1.12 bits per heavy atom. The highest BCUT2D eigenvalue weighted by Gasteiger charge is 2.55. The zero-order chi connectivity index (χ0) is 18.3. The van der Waals surface area contributed by atoms with Crippen LogP contribution in [-0.2, 0) is 9.59 Å². The van der Waals surface area contributed by atoms with Gasteiger partial charge in [-0.25, -0.2) is 0 Å². The van der Waals surface area contributed by atoms with Gasteiger partial charge in [0.2, 0.25) is 5.91 Å². The molecule has 2 unspecified atom stereocenters. The number of nitrogens with zero attached hydrogens (tertiary/aromatic N) is 4. The minimum atomic E-state index is -0.405. The second kappa shape index (κ2) is 6.52. The minimum absolute atomic E-state index is 0.0190. The van der Waals surface area contributed by atoms with Crippen molar-refractivity contribution in [3.63, 3.8) is 0 Å². The summed E-state index contributed by atoms with van der Waals surface area (Å²) in [5.41, 5.74) is 1.77. The van der Waals surface area contributed by atoms with Crippen molar-refractivity contribution in [2.75, 3.05) is 28.2 Å². The normalized spacial score (nSPS) is 25.9. The average Bonchev–Trinajstić information content (AvgIpc) is 3.03. The van der Waals surface area contributed by atoms with Gasteiger partial charge in [-0.05, 0) is 26.6 Å². The van der Waals surface area contributed by atoms with Crippen LogP contribution < -0.4 is 0 Å². The van der Waals surface area contributed by atoms with Crippen LogP contribution in [0.4, 0.5) is 0 Å². The van der Waals surface area contributed by atoms with E-state index in [0.717, 1.165) is 5.56 Å². The molecule has 2 aliphatic rings. The summed E-state index contributed by atoms with van der Waals surface area (Å²) in [6.07, 6.45) is 1.93. The topological polar surface area (TPSA) is 47.1 Å². The summed E-state index contributed by atoms with van der Waals surface area (Å²) in [6.45, 7) is 2.02. The molecule has 134 valence electrons. The SMILES string of the molecule is C[C@H](c1ccccc1)N1C(=O)C2C/C(=C\N(C)C)C(=O)N2C1N(C)C. The van der Waals surface area contributed by atoms with E-state index in [1.807, 2.05) is 86.3 Å². The molecule has 3 rings (SSSR count). The van der Waals surface area contributed by atoms with Gasteiger partial charge in [-0.2, -0.15) is 0 Å². The first-order valence-corrected chi connectivity index (χ1v) is 8.56. The van der Waals surface area contributed by atoms with Gasteiger partial charge >= 0.3 is 0 Å². The maximum Gasteiger partial charge on any atom is 0.254 e. The molecule has 25 heavy (non-hydrogen) atoms. The molecule has 1 aromatic rings. The van der Waals surface area contributed by atoms with E-state index in [4.69, 9.17) is 0 Å². The minimum Gasteiger partial charge on any atom is -0.383 e. The Bertz CT molecular complexity index is 699. The number of benzene rings is 1. The van der Waals surface area contributed by atoms with Crippen LogP contribution in [0.1, 0.15) is 24.9 Å². The molecule has 2 saturated heterocycles. The highest BCUT2D eigenvalue weighted by Crippen LogP contribution is 2.39. The molecule has 2 heterocycles. The second-order valence-electron chi connectivity index (χ2n) is 7.19. The highest BCUT2D eigenvalue weighted by atomic mass is 16.2. The molecule has 2 aliphatic heterocycles. The molecular formula is C19H26N4O2. The third kappa shape index (κ3) is 2.91. The molecule has 6 heteroatoms. The number of carbonyl (C=O) groups excluding carboxylic acids is 2. The largest absolute Gasteiger partial charge is 0.383 e. The fourth-order valence-electron chi connectivity index (χ4n) is 3.79. The number of hydrogen-bond donors (Lipinski definition) is 0. The van der Waals surface area contributed by atoms with Crippen LogP contribution in [0.2, 0.25) is 0 Å². The Hall–Kier alpha value is -2.34. The summed E-state index contributed by atoms with van der Waals surface area (Å²) >= 11 is 0. The van der Waals surface area contributed by atoms with E-state index < -0.39 is 6.04 Å². The summed E-state index contributed by atoms with van der Waals surface area (Å²) in [5, 5.41) is 0. The third-order valence-electron chi connectivity index (χ3n) is 4.87. The third-order valence-corrected chi connectivity index (χ3v) is 4.87. The van der Waals surface area contributed by atoms with Crippen molar-refractivity contribution in [2.24, 2.45) is 0 Å². The van der Waals surface area contributed by atoms with Gasteiger partial charge < -0.3 is 9.80 Å². The van der Waals surface area contributed by atoms with E-state index in [1.54, 1.807) is 4.90 Å². The molecular weight excluding hydrogens is 316 g/mol. The lowest BCUT2D eigenvalue weighted by atomic mass is 10.1. The Labute approximate surface area is 149 Å². The van der Waals surface area contributed by atoms with E-state index in [1.165, 1.54) is 0 Å². The fraction of sp³-hybridized carbons (Fsp3) is 0.474. The molecule has 2 amide bonds. The summed E-state index contributed by atoms with van der Waals surface area (Å²) in [4.78, 5) is 33.4. The first-order valence-electron chi connectivity index (χ1n) is 8.56. The monoisotopic (exact) mass is 342 g/mol. The van der Waals surface area contributed by atoms with Gasteiger partial charge in [0.25, 0.3) is 5.91 Å². The van der Waals surface area contributed by atoms with E-state index in [2.05, 4.69) is 0 Å². The number of rotatable bonds is 4. The zero-order valence-corrected chi connectivity index (χ0v) is 15.5. The first-order chi connectivity index (χ1) is 11.8. The molecule has 1 aromatic carbocycles. The molecule has 0 radical (unpaired) electrons. The van der Waals surface area contributed by atoms with Crippen molar-refractivity contribution in [2.45, 2.75) is 31.7 Å². The van der Waals surface area contributed by atoms with Crippen molar-refractivity contribution in [1.29, 1.82) is 0 Å². The van der Waals surface area contributed by atoms with Crippen molar-refractivity contribution in [3.8, 4) is 0 Å². The lowest BCUT2D eigenvalue weighted by molar-refractivity contribution is -0.137. The second-order valence-corrected chi connectivity index (χ2v) is 7.19. The number of amides is 2. The van der Waals surface area contributed by atoms with Crippen molar-refractivity contribution < 1.29 is 9.59 Å². The zero-order valence-electron chi connectivity index (χ0n) is 15.5. The first kappa shape index (κ1) is 17.5. The summed E-state index contributed by atoms with van der Waals surface area (Å²) < 4.78 is 0. The standard InChI is InChI=1S/C19H26N4O2/c1-13(14-9-7-6-8-10-14)22-18(25)16-11-15(12-20(2)3)17(24)23(16)19(22)21(4)5/h6-10,12-13,16,19H,11H2,1-5H3/b15-12+/t13-,16?,19?/m1/s1. The van der Waals surface area contributed by atoms with E-state index in [0.29, 0.717) is 12.0 Å². The van der Waals surface area contributed by atoms with Crippen molar-refractivity contribution in [3.05, 3.63) is 47.7 Å². The van der Waals surface area contributed by atoms with Crippen LogP contribution in [0, 0.1) is 0 Å². The molecule has 0 aromatic heterocycles. The molecule has 0 aliphatic carbocycles. The van der Waals surface area contributed by atoms with Crippen LogP contribution in [0.25, 0.3) is 0 Å². The lowest BCUT2D eigenvalue weighted by Gasteiger charge is -2.37. The molecule has 0 N–H and O–H groups in total. The van der Waals surface area contributed by atoms with Crippen molar-refractivity contribution in [1.82, 2.24) is 19.6 Å². The lowest BCUT2D eigenvalue weighted by Crippen LogP contribution is -2.51. The summed E-state index contributed by atoms with van der Waals surface area (Å²) in [6, 6.07) is 9.45. The Morgan fingerprint density at radius 3 is 2.32 bits per heavy atom. The molecule has 0 saturated carbocycles. The van der Waals surface area contributed by atoms with Gasteiger partial charge in [-0.3, -0.25) is 19.4 Å². The van der Waals surface area contributed by atoms with E-state index >= 15 is 0 Å². The molecule has 3 atom stereocenters. The van der Waals surface area contributed by atoms with Crippen LogP contribution in [0.3, 0.4) is 0 Å². The number of carbonyl (C=O) groups is 2. The number of hydrogen-bond acceptors (Lipinski definition) is 4. The average molecular weight is 342 g/mol. The van der Waals surface area contributed by atoms with Crippen LogP contribution in [0.15, 0.2) is 42.1 Å². The molecule has 0 spiro atoms.